The smallest absolute Gasteiger partial charge is 0.0955 e. The van der Waals surface area contributed by atoms with Crippen LogP contribution in [0.2, 0.25) is 0 Å². The molecule has 1 atom stereocenters. The van der Waals surface area contributed by atoms with Crippen molar-refractivity contribution in [1.29, 1.82) is 0 Å². The normalized spacial score (nSPS) is 12.9. The number of nitrogens with zero attached hydrogens (tertiary/aromatic N) is 2. The summed E-state index contributed by atoms with van der Waals surface area (Å²) >= 11 is 0. The second-order valence-corrected chi connectivity index (χ2v) is 3.88. The number of anilines is 1. The van der Waals surface area contributed by atoms with E-state index in [4.69, 9.17) is 10.8 Å². The van der Waals surface area contributed by atoms with Gasteiger partial charge >= 0.3 is 0 Å². The molecule has 0 bridgehead atoms. The fourth-order valence-corrected chi connectivity index (χ4v) is 1.56. The van der Waals surface area contributed by atoms with E-state index in [0.29, 0.717) is 6.54 Å². The van der Waals surface area contributed by atoms with E-state index in [9.17, 15) is 0 Å². The Kier molecular flexibility index (Phi) is 3.07. The van der Waals surface area contributed by atoms with Crippen molar-refractivity contribution in [2.45, 2.75) is 6.04 Å². The molecule has 0 saturated heterocycles. The number of aliphatic hydroxyl groups excluding tert-OH is 1. The minimum absolute atomic E-state index is 0.0150. The van der Waals surface area contributed by atoms with E-state index >= 15 is 0 Å². The van der Waals surface area contributed by atoms with E-state index in [1.807, 2.05) is 29.8 Å². The molecule has 0 aliphatic carbocycles. The molecule has 2 aromatic rings. The van der Waals surface area contributed by atoms with Crippen LogP contribution in [0.15, 0.2) is 24.5 Å². The van der Waals surface area contributed by atoms with Crippen LogP contribution in [0.3, 0.4) is 0 Å². The van der Waals surface area contributed by atoms with Gasteiger partial charge in [0.2, 0.25) is 0 Å². The summed E-state index contributed by atoms with van der Waals surface area (Å²) < 4.78 is 1.97. The van der Waals surface area contributed by atoms with Crippen LogP contribution >= 0.6 is 0 Å². The highest BCUT2D eigenvalue weighted by molar-refractivity contribution is 5.79. The van der Waals surface area contributed by atoms with Gasteiger partial charge in [-0.05, 0) is 18.2 Å². The van der Waals surface area contributed by atoms with Gasteiger partial charge in [0.05, 0.1) is 24.0 Å². The second kappa shape index (κ2) is 4.51. The Morgan fingerprint density at radius 2 is 2.38 bits per heavy atom. The summed E-state index contributed by atoms with van der Waals surface area (Å²) in [7, 11) is 1.96. The highest BCUT2D eigenvalue weighted by Gasteiger charge is 2.02. The van der Waals surface area contributed by atoms with Crippen LogP contribution in [0.1, 0.15) is 0 Å². The maximum Gasteiger partial charge on any atom is 0.0955 e. The van der Waals surface area contributed by atoms with Gasteiger partial charge in [-0.25, -0.2) is 4.98 Å². The molecule has 5 nitrogen and oxygen atoms in total. The lowest BCUT2D eigenvalue weighted by Gasteiger charge is -2.10. The van der Waals surface area contributed by atoms with Gasteiger partial charge in [0, 0.05) is 25.3 Å². The van der Waals surface area contributed by atoms with Crippen LogP contribution in [-0.4, -0.2) is 33.9 Å². The number of fused-ring (bicyclic) bond motifs is 1. The largest absolute Gasteiger partial charge is 0.395 e. The summed E-state index contributed by atoms with van der Waals surface area (Å²) in [4.78, 5) is 4.27. The number of imidazole rings is 1. The summed E-state index contributed by atoms with van der Waals surface area (Å²) in [6, 6.07) is 5.72. The van der Waals surface area contributed by atoms with Crippen LogP contribution in [0, 0.1) is 0 Å². The standard InChI is InChI=1S/C11H16N4O/c1-15-7-14-10-4-9(2-3-11(10)15)13-5-8(12)6-16/h2-4,7-8,13,16H,5-6,12H2,1H3. The maximum absolute atomic E-state index is 8.81. The molecular formula is C11H16N4O. The number of hydrogen-bond donors (Lipinski definition) is 3. The predicted octanol–water partition coefficient (Wildman–Crippen LogP) is 0.305. The number of benzene rings is 1. The van der Waals surface area contributed by atoms with Gasteiger partial charge in [-0.15, -0.1) is 0 Å². The average molecular weight is 220 g/mol. The first kappa shape index (κ1) is 10.9. The van der Waals surface area contributed by atoms with Gasteiger partial charge in [-0.1, -0.05) is 0 Å². The molecule has 0 fully saturated rings. The van der Waals surface area contributed by atoms with Crippen molar-refractivity contribution < 1.29 is 5.11 Å². The molecule has 1 aromatic heterocycles. The second-order valence-electron chi connectivity index (χ2n) is 3.88. The fraction of sp³-hybridized carbons (Fsp3) is 0.364. The number of nitrogens with two attached hydrogens (primary N) is 1. The molecule has 5 heteroatoms. The van der Waals surface area contributed by atoms with E-state index in [1.54, 1.807) is 6.33 Å². The van der Waals surface area contributed by atoms with Gasteiger partial charge in [0.25, 0.3) is 0 Å². The quantitative estimate of drug-likeness (QED) is 0.693. The van der Waals surface area contributed by atoms with Gasteiger partial charge < -0.3 is 20.7 Å². The average Bonchev–Trinajstić information content (AvgIpc) is 2.67. The lowest BCUT2D eigenvalue weighted by atomic mass is 10.2. The van der Waals surface area contributed by atoms with E-state index in [1.165, 1.54) is 0 Å². The number of nitrogens with one attached hydrogen (secondary N) is 1. The Labute approximate surface area is 93.9 Å². The molecule has 86 valence electrons. The Morgan fingerprint density at radius 1 is 1.56 bits per heavy atom. The lowest BCUT2D eigenvalue weighted by molar-refractivity contribution is 0.270. The highest BCUT2D eigenvalue weighted by Crippen LogP contribution is 2.17. The molecule has 0 aliphatic rings. The molecule has 1 heterocycles. The molecule has 2 rings (SSSR count). The van der Waals surface area contributed by atoms with Gasteiger partial charge in [0.15, 0.2) is 0 Å². The van der Waals surface area contributed by atoms with Crippen LogP contribution < -0.4 is 11.1 Å². The SMILES string of the molecule is Cn1cnc2cc(NCC(N)CO)ccc21. The summed E-state index contributed by atoms with van der Waals surface area (Å²) in [6.45, 7) is 0.535. The van der Waals surface area contributed by atoms with Crippen molar-refractivity contribution in [3.8, 4) is 0 Å². The van der Waals surface area contributed by atoms with Crippen LogP contribution in [0.4, 0.5) is 5.69 Å². The molecule has 0 radical (unpaired) electrons. The van der Waals surface area contributed by atoms with Crippen molar-refractivity contribution in [1.82, 2.24) is 9.55 Å². The third-order valence-electron chi connectivity index (χ3n) is 2.53. The molecular weight excluding hydrogens is 204 g/mol. The van der Waals surface area contributed by atoms with E-state index in [-0.39, 0.29) is 12.6 Å². The fourth-order valence-electron chi connectivity index (χ4n) is 1.56. The zero-order valence-electron chi connectivity index (χ0n) is 9.22. The van der Waals surface area contributed by atoms with E-state index in [0.717, 1.165) is 16.7 Å². The molecule has 0 saturated carbocycles. The number of aryl methyl sites for hydroxylation is 1. The predicted molar refractivity (Wildman–Crippen MR) is 64.3 cm³/mol. The van der Waals surface area contributed by atoms with Gasteiger partial charge in [-0.2, -0.15) is 0 Å². The van der Waals surface area contributed by atoms with Crippen molar-refractivity contribution in [3.05, 3.63) is 24.5 Å². The highest BCUT2D eigenvalue weighted by atomic mass is 16.3. The zero-order valence-corrected chi connectivity index (χ0v) is 9.22. The zero-order chi connectivity index (χ0) is 11.5. The summed E-state index contributed by atoms with van der Waals surface area (Å²) in [5.74, 6) is 0. The molecule has 0 aliphatic heterocycles. The monoisotopic (exact) mass is 220 g/mol. The topological polar surface area (TPSA) is 76.1 Å². The van der Waals surface area contributed by atoms with Gasteiger partial charge in [-0.3, -0.25) is 0 Å². The number of aliphatic hydroxyl groups is 1. The van der Waals surface area contributed by atoms with Crippen LogP contribution in [0.25, 0.3) is 11.0 Å². The summed E-state index contributed by atoms with van der Waals surface area (Å²) in [6.07, 6.45) is 1.79. The third-order valence-corrected chi connectivity index (χ3v) is 2.53. The Morgan fingerprint density at radius 3 is 3.12 bits per heavy atom. The molecule has 0 spiro atoms. The molecule has 0 amide bonds. The Bertz CT molecular complexity index is 480. The minimum atomic E-state index is -0.237. The van der Waals surface area contributed by atoms with Crippen molar-refractivity contribution >= 4 is 16.7 Å². The van der Waals surface area contributed by atoms with Crippen LogP contribution in [-0.2, 0) is 7.05 Å². The minimum Gasteiger partial charge on any atom is -0.395 e. The van der Waals surface area contributed by atoms with Gasteiger partial charge in [0.1, 0.15) is 0 Å². The lowest BCUT2D eigenvalue weighted by Crippen LogP contribution is -2.32. The van der Waals surface area contributed by atoms with E-state index < -0.39 is 0 Å². The van der Waals surface area contributed by atoms with Crippen molar-refractivity contribution in [3.63, 3.8) is 0 Å². The Hall–Kier alpha value is -1.59. The maximum atomic E-state index is 8.81. The molecule has 4 N–H and O–H groups in total. The first-order valence-corrected chi connectivity index (χ1v) is 5.22. The van der Waals surface area contributed by atoms with E-state index in [2.05, 4.69) is 10.3 Å². The first-order valence-electron chi connectivity index (χ1n) is 5.22. The van der Waals surface area contributed by atoms with Crippen molar-refractivity contribution in [2.75, 3.05) is 18.5 Å². The molecule has 1 unspecified atom stereocenters. The summed E-state index contributed by atoms with van der Waals surface area (Å²) in [5, 5.41) is 12.0. The number of rotatable bonds is 4. The molecule has 1 aromatic carbocycles. The van der Waals surface area contributed by atoms with Crippen molar-refractivity contribution in [2.24, 2.45) is 12.8 Å². The number of hydrogen-bond acceptors (Lipinski definition) is 4. The number of aromatic nitrogens is 2. The third kappa shape index (κ3) is 2.15. The summed E-state index contributed by atoms with van der Waals surface area (Å²) in [5.41, 5.74) is 8.62. The Balaban J connectivity index is 2.14. The first-order chi connectivity index (χ1) is 7.70. The van der Waals surface area contributed by atoms with Crippen LogP contribution in [0.5, 0.6) is 0 Å². The molecule has 16 heavy (non-hydrogen) atoms.